The summed E-state index contributed by atoms with van der Waals surface area (Å²) in [5.74, 6) is 0. The molecule has 0 spiro atoms. The van der Waals surface area contributed by atoms with E-state index in [-0.39, 0.29) is 6.04 Å². The zero-order valence-corrected chi connectivity index (χ0v) is 17.2. The van der Waals surface area contributed by atoms with Crippen molar-refractivity contribution in [2.24, 2.45) is 0 Å². The maximum absolute atomic E-state index is 11.2. The molecule has 2 N–H and O–H groups in total. The molecule has 1 aliphatic rings. The first-order valence-electron chi connectivity index (χ1n) is 10.2. The number of aliphatic hydroxyl groups is 2. The summed E-state index contributed by atoms with van der Waals surface area (Å²) < 4.78 is 1.22. The fourth-order valence-corrected chi connectivity index (χ4v) is 5.53. The first-order chi connectivity index (χ1) is 13.6. The van der Waals surface area contributed by atoms with E-state index in [1.54, 1.807) is 11.3 Å². The third-order valence-corrected chi connectivity index (χ3v) is 7.17. The quantitative estimate of drug-likeness (QED) is 0.631. The second-order valence-corrected chi connectivity index (χ2v) is 8.94. The third kappa shape index (κ3) is 4.01. The van der Waals surface area contributed by atoms with Crippen molar-refractivity contribution in [1.82, 2.24) is 4.90 Å². The molecule has 3 aromatic rings. The van der Waals surface area contributed by atoms with Crippen LogP contribution in [0.2, 0.25) is 0 Å². The maximum Gasteiger partial charge on any atom is 0.0959 e. The van der Waals surface area contributed by atoms with Gasteiger partial charge < -0.3 is 10.2 Å². The van der Waals surface area contributed by atoms with Gasteiger partial charge in [-0.3, -0.25) is 4.90 Å². The molecule has 0 amide bonds. The summed E-state index contributed by atoms with van der Waals surface area (Å²) in [5, 5.41) is 25.5. The van der Waals surface area contributed by atoms with E-state index >= 15 is 0 Å². The first-order valence-corrected chi connectivity index (χ1v) is 11.1. The molecule has 1 fully saturated rings. The van der Waals surface area contributed by atoms with Gasteiger partial charge in [-0.2, -0.15) is 0 Å². The summed E-state index contributed by atoms with van der Waals surface area (Å²) >= 11 is 1.70. The molecule has 1 aromatic heterocycles. The molecule has 28 heavy (non-hydrogen) atoms. The maximum atomic E-state index is 11.2. The Hall–Kier alpha value is -1.72. The lowest BCUT2D eigenvalue weighted by atomic mass is 9.84. The highest BCUT2D eigenvalue weighted by Crippen LogP contribution is 2.36. The molecule has 0 radical (unpaired) electrons. The van der Waals surface area contributed by atoms with Crippen LogP contribution < -0.4 is 0 Å². The lowest BCUT2D eigenvalue weighted by Crippen LogP contribution is -2.50. The van der Waals surface area contributed by atoms with E-state index in [4.69, 9.17) is 0 Å². The van der Waals surface area contributed by atoms with Crippen LogP contribution in [0.3, 0.4) is 0 Å². The van der Waals surface area contributed by atoms with Crippen LogP contribution in [0.25, 0.3) is 10.1 Å². The average Bonchev–Trinajstić information content (AvgIpc) is 3.15. The van der Waals surface area contributed by atoms with Crippen molar-refractivity contribution in [1.29, 1.82) is 0 Å². The molecule has 2 heterocycles. The molecule has 2 atom stereocenters. The van der Waals surface area contributed by atoms with Crippen molar-refractivity contribution in [3.63, 3.8) is 0 Å². The predicted octanol–water partition coefficient (Wildman–Crippen LogP) is 4.78. The van der Waals surface area contributed by atoms with Crippen LogP contribution in [-0.2, 0) is 6.42 Å². The predicted molar refractivity (Wildman–Crippen MR) is 117 cm³/mol. The number of hydrogen-bond donors (Lipinski definition) is 2. The Kier molecular flexibility index (Phi) is 5.83. The molecule has 0 aliphatic carbocycles. The summed E-state index contributed by atoms with van der Waals surface area (Å²) in [4.78, 5) is 2.37. The molecule has 3 nitrogen and oxygen atoms in total. The highest BCUT2D eigenvalue weighted by Gasteiger charge is 2.36. The molecule has 0 saturated carbocycles. The van der Waals surface area contributed by atoms with Gasteiger partial charge in [0.1, 0.15) is 0 Å². The molecule has 148 valence electrons. The standard InChI is InChI=1S/C24H29NO2S/c1-2-21(23(26)20-17-28-22-11-7-6-10-19(20)22)25-14-12-24(27,13-15-25)16-18-8-4-3-5-9-18/h3-11,17,21,23,26-27H,2,12-16H2,1H3/t21-,23-/m1/s1. The lowest BCUT2D eigenvalue weighted by molar-refractivity contribution is -0.0495. The Bertz CT molecular complexity index is 899. The summed E-state index contributed by atoms with van der Waals surface area (Å²) in [7, 11) is 0. The van der Waals surface area contributed by atoms with Crippen LogP contribution in [0.4, 0.5) is 0 Å². The molecule has 4 rings (SSSR count). The van der Waals surface area contributed by atoms with Crippen LogP contribution in [0, 0.1) is 0 Å². The Morgan fingerprint density at radius 1 is 1.04 bits per heavy atom. The van der Waals surface area contributed by atoms with Crippen molar-refractivity contribution in [3.05, 3.63) is 71.1 Å². The van der Waals surface area contributed by atoms with Gasteiger partial charge in [0, 0.05) is 35.8 Å². The van der Waals surface area contributed by atoms with Gasteiger partial charge in [-0.15, -0.1) is 11.3 Å². The number of likely N-dealkylation sites (tertiary alicyclic amines) is 1. The van der Waals surface area contributed by atoms with Crippen molar-refractivity contribution in [2.45, 2.75) is 50.4 Å². The molecule has 1 saturated heterocycles. The molecule has 2 aromatic carbocycles. The number of piperidine rings is 1. The minimum Gasteiger partial charge on any atom is -0.389 e. The third-order valence-electron chi connectivity index (χ3n) is 6.19. The first kappa shape index (κ1) is 19.6. The lowest BCUT2D eigenvalue weighted by Gasteiger charge is -2.43. The Balaban J connectivity index is 1.45. The van der Waals surface area contributed by atoms with Gasteiger partial charge in [-0.1, -0.05) is 55.5 Å². The highest BCUT2D eigenvalue weighted by atomic mass is 32.1. The van der Waals surface area contributed by atoms with E-state index in [0.717, 1.165) is 43.3 Å². The number of nitrogens with zero attached hydrogens (tertiary/aromatic N) is 1. The van der Waals surface area contributed by atoms with Gasteiger partial charge in [-0.05, 0) is 41.7 Å². The SMILES string of the molecule is CC[C@H]([C@H](O)c1csc2ccccc12)N1CCC(O)(Cc2ccccc2)CC1. The van der Waals surface area contributed by atoms with Crippen LogP contribution in [-0.4, -0.2) is 39.8 Å². The van der Waals surface area contributed by atoms with Crippen molar-refractivity contribution in [2.75, 3.05) is 13.1 Å². The smallest absolute Gasteiger partial charge is 0.0959 e. The second-order valence-electron chi connectivity index (χ2n) is 8.03. The number of thiophene rings is 1. The topological polar surface area (TPSA) is 43.7 Å². The molecule has 4 heteroatoms. The monoisotopic (exact) mass is 395 g/mol. The summed E-state index contributed by atoms with van der Waals surface area (Å²) in [6.45, 7) is 3.79. The van der Waals surface area contributed by atoms with Gasteiger partial charge in [0.15, 0.2) is 0 Å². The molecule has 0 unspecified atom stereocenters. The van der Waals surface area contributed by atoms with Crippen molar-refractivity contribution in [3.8, 4) is 0 Å². The summed E-state index contributed by atoms with van der Waals surface area (Å²) in [6, 6.07) is 18.6. The van der Waals surface area contributed by atoms with E-state index in [0.29, 0.717) is 6.42 Å². The van der Waals surface area contributed by atoms with Gasteiger partial charge in [0.05, 0.1) is 11.7 Å². The van der Waals surface area contributed by atoms with E-state index in [1.807, 2.05) is 30.3 Å². The van der Waals surface area contributed by atoms with E-state index < -0.39 is 11.7 Å². The zero-order chi connectivity index (χ0) is 19.6. The van der Waals surface area contributed by atoms with Crippen LogP contribution in [0.15, 0.2) is 60.0 Å². The van der Waals surface area contributed by atoms with Gasteiger partial charge in [0.25, 0.3) is 0 Å². The minimum atomic E-state index is -0.643. The van der Waals surface area contributed by atoms with Crippen molar-refractivity contribution < 1.29 is 10.2 Å². The summed E-state index contributed by atoms with van der Waals surface area (Å²) in [5.41, 5.74) is 1.59. The molecular formula is C24H29NO2S. The zero-order valence-electron chi connectivity index (χ0n) is 16.4. The molecular weight excluding hydrogens is 366 g/mol. The van der Waals surface area contributed by atoms with E-state index in [1.165, 1.54) is 10.3 Å². The number of benzene rings is 2. The van der Waals surface area contributed by atoms with Crippen molar-refractivity contribution >= 4 is 21.4 Å². The largest absolute Gasteiger partial charge is 0.389 e. The Labute approximate surface area is 171 Å². The summed E-state index contributed by atoms with van der Waals surface area (Å²) in [6.07, 6.45) is 2.59. The van der Waals surface area contributed by atoms with Gasteiger partial charge >= 0.3 is 0 Å². The molecule has 0 bridgehead atoms. The number of fused-ring (bicyclic) bond motifs is 1. The number of rotatable bonds is 6. The molecule has 1 aliphatic heterocycles. The Morgan fingerprint density at radius 3 is 2.43 bits per heavy atom. The van der Waals surface area contributed by atoms with Gasteiger partial charge in [-0.25, -0.2) is 0 Å². The average molecular weight is 396 g/mol. The highest BCUT2D eigenvalue weighted by molar-refractivity contribution is 7.17. The normalized spacial score (nSPS) is 19.5. The van der Waals surface area contributed by atoms with E-state index in [2.05, 4.69) is 41.5 Å². The van der Waals surface area contributed by atoms with E-state index in [9.17, 15) is 10.2 Å². The number of hydrogen-bond acceptors (Lipinski definition) is 4. The Morgan fingerprint density at radius 2 is 1.71 bits per heavy atom. The van der Waals surface area contributed by atoms with Gasteiger partial charge in [0.2, 0.25) is 0 Å². The second kappa shape index (κ2) is 8.34. The fraction of sp³-hybridized carbons (Fsp3) is 0.417. The fourth-order valence-electron chi connectivity index (χ4n) is 4.54. The van der Waals surface area contributed by atoms with Crippen LogP contribution >= 0.6 is 11.3 Å². The van der Waals surface area contributed by atoms with Crippen LogP contribution in [0.5, 0.6) is 0 Å². The van der Waals surface area contributed by atoms with Crippen LogP contribution in [0.1, 0.15) is 43.4 Å². The minimum absolute atomic E-state index is 0.0827. The number of aliphatic hydroxyl groups excluding tert-OH is 1.